The molecule has 0 aliphatic carbocycles. The minimum absolute atomic E-state index is 0.699. The number of rotatable bonds is 6. The van der Waals surface area contributed by atoms with E-state index in [1.807, 2.05) is 11.3 Å². The highest BCUT2D eigenvalue weighted by atomic mass is 32.1. The Morgan fingerprint density at radius 3 is 2.50 bits per heavy atom. The van der Waals surface area contributed by atoms with Gasteiger partial charge in [-0.1, -0.05) is 40.0 Å². The molecule has 0 radical (unpaired) electrons. The van der Waals surface area contributed by atoms with Gasteiger partial charge in [0.25, 0.3) is 0 Å². The first-order chi connectivity index (χ1) is 6.74. The van der Waals surface area contributed by atoms with E-state index in [2.05, 4.69) is 32.9 Å². The molecule has 0 spiro atoms. The lowest BCUT2D eigenvalue weighted by atomic mass is 10.1. The molecule has 14 heavy (non-hydrogen) atoms. The smallest absolute Gasteiger partial charge is 0.00736 e. The van der Waals surface area contributed by atoms with E-state index in [-0.39, 0.29) is 0 Å². The Balaban J connectivity index is 2.29. The largest absolute Gasteiger partial charge is 0.145 e. The van der Waals surface area contributed by atoms with Crippen molar-refractivity contribution in [1.29, 1.82) is 0 Å². The predicted octanol–water partition coefficient (Wildman–Crippen LogP) is 4.99. The first-order valence-corrected chi connectivity index (χ1v) is 6.64. The van der Waals surface area contributed by atoms with Crippen molar-refractivity contribution < 1.29 is 0 Å². The quantitative estimate of drug-likeness (QED) is 0.580. The van der Waals surface area contributed by atoms with Gasteiger partial charge < -0.3 is 0 Å². The molecule has 0 atom stereocenters. The fourth-order valence-electron chi connectivity index (χ4n) is 1.57. The molecule has 0 aliphatic heterocycles. The molecule has 0 amide bonds. The lowest BCUT2D eigenvalue weighted by molar-refractivity contribution is 0.670. The van der Waals surface area contributed by atoms with Crippen LogP contribution < -0.4 is 0 Å². The molecule has 0 unspecified atom stereocenters. The van der Waals surface area contributed by atoms with E-state index in [1.54, 1.807) is 4.88 Å². The first kappa shape index (κ1) is 11.8. The molecule has 0 nitrogen and oxygen atoms in total. The van der Waals surface area contributed by atoms with Gasteiger partial charge in [-0.05, 0) is 30.9 Å². The van der Waals surface area contributed by atoms with Crippen molar-refractivity contribution in [2.75, 3.05) is 0 Å². The summed E-state index contributed by atoms with van der Waals surface area (Å²) in [4.78, 5) is 3.11. The molecule has 1 aromatic rings. The van der Waals surface area contributed by atoms with E-state index in [9.17, 15) is 0 Å². The van der Waals surface area contributed by atoms with Crippen molar-refractivity contribution in [3.05, 3.63) is 21.9 Å². The summed E-state index contributed by atoms with van der Waals surface area (Å²) in [5.74, 6) is 0.699. The molecule has 1 rings (SSSR count). The van der Waals surface area contributed by atoms with Crippen LogP contribution in [0.25, 0.3) is 0 Å². The SMILES string of the molecule is CCCCCCc1ccc(C(C)C)s1. The molecule has 1 heterocycles. The summed E-state index contributed by atoms with van der Waals surface area (Å²) in [6.45, 7) is 6.81. The predicted molar refractivity (Wildman–Crippen MR) is 66.3 cm³/mol. The molecule has 80 valence electrons. The second-order valence-corrected chi connectivity index (χ2v) is 5.47. The maximum absolute atomic E-state index is 2.31. The maximum Gasteiger partial charge on any atom is 0.00736 e. The summed E-state index contributed by atoms with van der Waals surface area (Å²) >= 11 is 2.00. The molecule has 0 fully saturated rings. The van der Waals surface area contributed by atoms with Crippen LogP contribution >= 0.6 is 11.3 Å². The van der Waals surface area contributed by atoms with Crippen LogP contribution in [-0.4, -0.2) is 0 Å². The fraction of sp³-hybridized carbons (Fsp3) is 0.692. The highest BCUT2D eigenvalue weighted by molar-refractivity contribution is 7.12. The van der Waals surface area contributed by atoms with E-state index in [4.69, 9.17) is 0 Å². The van der Waals surface area contributed by atoms with E-state index in [0.29, 0.717) is 5.92 Å². The average molecular weight is 210 g/mol. The van der Waals surface area contributed by atoms with Crippen LogP contribution in [0.1, 0.15) is 62.1 Å². The Hall–Kier alpha value is -0.300. The van der Waals surface area contributed by atoms with Crippen molar-refractivity contribution in [1.82, 2.24) is 0 Å². The third-order valence-corrected chi connectivity index (χ3v) is 3.97. The number of unbranched alkanes of at least 4 members (excludes halogenated alkanes) is 3. The third-order valence-electron chi connectivity index (χ3n) is 2.53. The van der Waals surface area contributed by atoms with Crippen LogP contribution in [0.15, 0.2) is 12.1 Å². The summed E-state index contributed by atoms with van der Waals surface area (Å²) in [6, 6.07) is 4.61. The van der Waals surface area contributed by atoms with Crippen molar-refractivity contribution in [3.63, 3.8) is 0 Å². The van der Waals surface area contributed by atoms with Crippen molar-refractivity contribution >= 4 is 11.3 Å². The molecule has 0 N–H and O–H groups in total. The zero-order valence-corrected chi connectivity index (χ0v) is 10.5. The maximum atomic E-state index is 2.31. The minimum atomic E-state index is 0.699. The monoisotopic (exact) mass is 210 g/mol. The van der Waals surface area contributed by atoms with Gasteiger partial charge in [0.05, 0.1) is 0 Å². The van der Waals surface area contributed by atoms with Crippen LogP contribution in [-0.2, 0) is 6.42 Å². The van der Waals surface area contributed by atoms with Gasteiger partial charge in [0.1, 0.15) is 0 Å². The molecule has 1 aromatic heterocycles. The number of hydrogen-bond acceptors (Lipinski definition) is 1. The molecule has 1 heteroatoms. The van der Waals surface area contributed by atoms with E-state index in [0.717, 1.165) is 0 Å². The van der Waals surface area contributed by atoms with Crippen LogP contribution in [0.3, 0.4) is 0 Å². The van der Waals surface area contributed by atoms with Gasteiger partial charge in [-0.2, -0.15) is 0 Å². The van der Waals surface area contributed by atoms with Gasteiger partial charge in [0.15, 0.2) is 0 Å². The normalized spacial score (nSPS) is 11.1. The molecular weight excluding hydrogens is 188 g/mol. The van der Waals surface area contributed by atoms with Gasteiger partial charge in [0, 0.05) is 9.75 Å². The van der Waals surface area contributed by atoms with E-state index < -0.39 is 0 Å². The first-order valence-electron chi connectivity index (χ1n) is 5.82. The summed E-state index contributed by atoms with van der Waals surface area (Å²) in [7, 11) is 0. The second kappa shape index (κ2) is 6.23. The molecule has 0 saturated heterocycles. The second-order valence-electron chi connectivity index (χ2n) is 4.27. The Morgan fingerprint density at radius 2 is 1.93 bits per heavy atom. The van der Waals surface area contributed by atoms with Gasteiger partial charge in [0.2, 0.25) is 0 Å². The Bertz CT molecular complexity index is 247. The van der Waals surface area contributed by atoms with Gasteiger partial charge in [-0.25, -0.2) is 0 Å². The fourth-order valence-corrected chi connectivity index (χ4v) is 2.62. The van der Waals surface area contributed by atoms with E-state index in [1.165, 1.54) is 37.0 Å². The number of thiophene rings is 1. The van der Waals surface area contributed by atoms with Crippen LogP contribution in [0.4, 0.5) is 0 Å². The Morgan fingerprint density at radius 1 is 1.14 bits per heavy atom. The lowest BCUT2D eigenvalue weighted by Gasteiger charge is -1.99. The van der Waals surface area contributed by atoms with E-state index >= 15 is 0 Å². The number of hydrogen-bond donors (Lipinski definition) is 0. The van der Waals surface area contributed by atoms with Crippen molar-refractivity contribution in [2.45, 2.75) is 58.8 Å². The van der Waals surface area contributed by atoms with Crippen LogP contribution in [0, 0.1) is 0 Å². The number of aryl methyl sites for hydroxylation is 1. The average Bonchev–Trinajstić information content (AvgIpc) is 2.61. The zero-order chi connectivity index (χ0) is 10.4. The van der Waals surface area contributed by atoms with Gasteiger partial charge in [-0.3, -0.25) is 0 Å². The third kappa shape index (κ3) is 3.83. The van der Waals surface area contributed by atoms with Crippen LogP contribution in [0.5, 0.6) is 0 Å². The van der Waals surface area contributed by atoms with Crippen LogP contribution in [0.2, 0.25) is 0 Å². The summed E-state index contributed by atoms with van der Waals surface area (Å²) in [5.41, 5.74) is 0. The minimum Gasteiger partial charge on any atom is -0.145 e. The van der Waals surface area contributed by atoms with Gasteiger partial charge >= 0.3 is 0 Å². The molecule has 0 bridgehead atoms. The Kier molecular flexibility index (Phi) is 5.24. The van der Waals surface area contributed by atoms with Crippen molar-refractivity contribution in [2.24, 2.45) is 0 Å². The molecular formula is C13H22S. The standard InChI is InChI=1S/C13H22S/c1-4-5-6-7-8-12-9-10-13(14-12)11(2)3/h9-11H,4-8H2,1-3H3. The highest BCUT2D eigenvalue weighted by Gasteiger charge is 2.03. The van der Waals surface area contributed by atoms with Crippen molar-refractivity contribution in [3.8, 4) is 0 Å². The summed E-state index contributed by atoms with van der Waals surface area (Å²) in [5, 5.41) is 0. The summed E-state index contributed by atoms with van der Waals surface area (Å²) < 4.78 is 0. The topological polar surface area (TPSA) is 0 Å². The Labute approximate surface area is 92.4 Å². The molecule has 0 aliphatic rings. The molecule has 0 saturated carbocycles. The summed E-state index contributed by atoms with van der Waals surface area (Å²) in [6.07, 6.45) is 6.78. The highest BCUT2D eigenvalue weighted by Crippen LogP contribution is 2.25. The lowest BCUT2D eigenvalue weighted by Crippen LogP contribution is -1.81. The van der Waals surface area contributed by atoms with Gasteiger partial charge in [-0.15, -0.1) is 11.3 Å². The zero-order valence-electron chi connectivity index (χ0n) is 9.68. The molecule has 0 aromatic carbocycles.